The maximum Gasteiger partial charge on any atom is 0.155 e. The summed E-state index contributed by atoms with van der Waals surface area (Å²) in [5.41, 5.74) is -0.293. The lowest BCUT2D eigenvalue weighted by molar-refractivity contribution is -0.136. The minimum Gasteiger partial charge on any atom is -0.297 e. The molecule has 0 bridgehead atoms. The van der Waals surface area contributed by atoms with E-state index >= 15 is 0 Å². The van der Waals surface area contributed by atoms with Crippen molar-refractivity contribution in [1.82, 2.24) is 4.90 Å². The van der Waals surface area contributed by atoms with Crippen molar-refractivity contribution in [1.29, 1.82) is 0 Å². The standard InChI is InChI=1S/C16H31NO/c1-6-13-11-9-10-12-14(13)15(18)16(4,5)17(7-2)8-3/h13-14H,6-12H2,1-5H3. The Morgan fingerprint density at radius 2 is 1.67 bits per heavy atom. The van der Waals surface area contributed by atoms with Crippen LogP contribution in [0.3, 0.4) is 0 Å². The number of ketones is 1. The van der Waals surface area contributed by atoms with Crippen molar-refractivity contribution in [2.45, 2.75) is 72.3 Å². The number of carbonyl (C=O) groups excluding carboxylic acids is 1. The van der Waals surface area contributed by atoms with E-state index in [9.17, 15) is 4.79 Å². The fourth-order valence-electron chi connectivity index (χ4n) is 3.67. The molecule has 106 valence electrons. The molecule has 0 radical (unpaired) electrons. The van der Waals surface area contributed by atoms with E-state index in [0.717, 1.165) is 25.9 Å². The second-order valence-electron chi connectivity index (χ2n) is 6.15. The van der Waals surface area contributed by atoms with Gasteiger partial charge in [-0.15, -0.1) is 0 Å². The van der Waals surface area contributed by atoms with Crippen molar-refractivity contribution in [2.24, 2.45) is 11.8 Å². The summed E-state index contributed by atoms with van der Waals surface area (Å²) in [6.07, 6.45) is 6.07. The largest absolute Gasteiger partial charge is 0.297 e. The highest BCUT2D eigenvalue weighted by atomic mass is 16.1. The zero-order valence-corrected chi connectivity index (χ0v) is 13.0. The van der Waals surface area contributed by atoms with Gasteiger partial charge in [0, 0.05) is 5.92 Å². The minimum absolute atomic E-state index is 0.293. The zero-order valence-electron chi connectivity index (χ0n) is 13.0. The maximum atomic E-state index is 12.9. The summed E-state index contributed by atoms with van der Waals surface area (Å²) in [6.45, 7) is 12.7. The van der Waals surface area contributed by atoms with Gasteiger partial charge in [-0.25, -0.2) is 0 Å². The number of likely N-dealkylation sites (N-methyl/N-ethyl adjacent to an activating group) is 1. The van der Waals surface area contributed by atoms with E-state index in [2.05, 4.69) is 39.5 Å². The number of rotatable bonds is 6. The number of hydrogen-bond acceptors (Lipinski definition) is 2. The molecular weight excluding hydrogens is 222 g/mol. The summed E-state index contributed by atoms with van der Waals surface area (Å²) in [4.78, 5) is 15.2. The normalized spacial score (nSPS) is 25.4. The van der Waals surface area contributed by atoms with Crippen molar-refractivity contribution in [3.05, 3.63) is 0 Å². The molecule has 0 aromatic heterocycles. The van der Waals surface area contributed by atoms with E-state index in [1.807, 2.05) is 0 Å². The lowest BCUT2D eigenvalue weighted by Gasteiger charge is -2.41. The first-order valence-corrected chi connectivity index (χ1v) is 7.78. The number of hydrogen-bond donors (Lipinski definition) is 0. The van der Waals surface area contributed by atoms with Crippen LogP contribution in [0.15, 0.2) is 0 Å². The lowest BCUT2D eigenvalue weighted by atomic mass is 9.71. The molecule has 0 spiro atoms. The molecule has 1 aliphatic carbocycles. The number of carbonyl (C=O) groups is 1. The molecular formula is C16H31NO. The summed E-state index contributed by atoms with van der Waals surface area (Å²) >= 11 is 0. The van der Waals surface area contributed by atoms with E-state index in [-0.39, 0.29) is 5.54 Å². The quantitative estimate of drug-likeness (QED) is 0.715. The van der Waals surface area contributed by atoms with Gasteiger partial charge in [-0.05, 0) is 45.7 Å². The summed E-state index contributed by atoms with van der Waals surface area (Å²) in [5, 5.41) is 0. The molecule has 2 heteroatoms. The van der Waals surface area contributed by atoms with Gasteiger partial charge < -0.3 is 0 Å². The second kappa shape index (κ2) is 6.70. The molecule has 2 unspecified atom stereocenters. The first kappa shape index (κ1) is 15.7. The Bertz CT molecular complexity index is 268. The van der Waals surface area contributed by atoms with Gasteiger partial charge in [0.15, 0.2) is 5.78 Å². The molecule has 0 aromatic rings. The first-order valence-electron chi connectivity index (χ1n) is 7.78. The Hall–Kier alpha value is -0.370. The SMILES string of the molecule is CCC1CCCCC1C(=O)C(C)(C)N(CC)CC. The molecule has 2 nitrogen and oxygen atoms in total. The molecule has 2 atom stereocenters. The Morgan fingerprint density at radius 3 is 2.17 bits per heavy atom. The van der Waals surface area contributed by atoms with Crippen molar-refractivity contribution in [2.75, 3.05) is 13.1 Å². The first-order chi connectivity index (χ1) is 8.48. The van der Waals surface area contributed by atoms with Crippen LogP contribution in [0.2, 0.25) is 0 Å². The predicted octanol–water partition coefficient (Wildman–Crippen LogP) is 3.89. The van der Waals surface area contributed by atoms with E-state index in [1.165, 1.54) is 19.3 Å². The molecule has 0 saturated heterocycles. The van der Waals surface area contributed by atoms with Crippen LogP contribution in [-0.2, 0) is 4.79 Å². The highest BCUT2D eigenvalue weighted by Gasteiger charge is 2.40. The zero-order chi connectivity index (χ0) is 13.8. The molecule has 0 aromatic carbocycles. The van der Waals surface area contributed by atoms with Crippen LogP contribution < -0.4 is 0 Å². The van der Waals surface area contributed by atoms with E-state index in [1.54, 1.807) is 0 Å². The monoisotopic (exact) mass is 253 g/mol. The molecule has 1 aliphatic rings. The van der Waals surface area contributed by atoms with Gasteiger partial charge in [-0.2, -0.15) is 0 Å². The Balaban J connectivity index is 2.83. The molecule has 0 aliphatic heterocycles. The maximum absolute atomic E-state index is 12.9. The van der Waals surface area contributed by atoms with Gasteiger partial charge in [-0.1, -0.05) is 40.0 Å². The van der Waals surface area contributed by atoms with Gasteiger partial charge in [0.25, 0.3) is 0 Å². The summed E-state index contributed by atoms with van der Waals surface area (Å²) in [6, 6.07) is 0. The Kier molecular flexibility index (Phi) is 5.84. The molecule has 1 saturated carbocycles. The van der Waals surface area contributed by atoms with Crippen molar-refractivity contribution < 1.29 is 4.79 Å². The topological polar surface area (TPSA) is 20.3 Å². The van der Waals surface area contributed by atoms with Gasteiger partial charge in [0.05, 0.1) is 5.54 Å². The number of Topliss-reactive ketones (excluding diaryl/α,β-unsaturated/α-hetero) is 1. The lowest BCUT2D eigenvalue weighted by Crippen LogP contribution is -2.53. The van der Waals surface area contributed by atoms with Crippen LogP contribution >= 0.6 is 0 Å². The van der Waals surface area contributed by atoms with Crippen molar-refractivity contribution >= 4 is 5.78 Å². The van der Waals surface area contributed by atoms with Crippen LogP contribution in [0.5, 0.6) is 0 Å². The summed E-state index contributed by atoms with van der Waals surface area (Å²) in [5.74, 6) is 1.41. The van der Waals surface area contributed by atoms with Gasteiger partial charge >= 0.3 is 0 Å². The van der Waals surface area contributed by atoms with Crippen molar-refractivity contribution in [3.63, 3.8) is 0 Å². The van der Waals surface area contributed by atoms with Crippen molar-refractivity contribution in [3.8, 4) is 0 Å². The van der Waals surface area contributed by atoms with E-state index in [0.29, 0.717) is 17.6 Å². The molecule has 1 rings (SSSR count). The second-order valence-corrected chi connectivity index (χ2v) is 6.15. The van der Waals surface area contributed by atoms with Gasteiger partial charge in [0.1, 0.15) is 0 Å². The highest BCUT2D eigenvalue weighted by Crippen LogP contribution is 2.36. The van der Waals surface area contributed by atoms with Crippen LogP contribution in [-0.4, -0.2) is 29.3 Å². The summed E-state index contributed by atoms with van der Waals surface area (Å²) < 4.78 is 0. The fraction of sp³-hybridized carbons (Fsp3) is 0.938. The Labute approximate surface area is 113 Å². The van der Waals surface area contributed by atoms with Crippen LogP contribution in [0, 0.1) is 11.8 Å². The molecule has 18 heavy (non-hydrogen) atoms. The smallest absolute Gasteiger partial charge is 0.155 e. The van der Waals surface area contributed by atoms with E-state index < -0.39 is 0 Å². The third kappa shape index (κ3) is 3.14. The fourth-order valence-corrected chi connectivity index (χ4v) is 3.67. The molecule has 0 N–H and O–H groups in total. The molecule has 0 heterocycles. The van der Waals surface area contributed by atoms with Crippen LogP contribution in [0.1, 0.15) is 66.7 Å². The highest BCUT2D eigenvalue weighted by molar-refractivity contribution is 5.90. The summed E-state index contributed by atoms with van der Waals surface area (Å²) in [7, 11) is 0. The minimum atomic E-state index is -0.293. The third-order valence-corrected chi connectivity index (χ3v) is 4.93. The van der Waals surface area contributed by atoms with Gasteiger partial charge in [-0.3, -0.25) is 9.69 Å². The average molecular weight is 253 g/mol. The van der Waals surface area contributed by atoms with E-state index in [4.69, 9.17) is 0 Å². The molecule has 0 amide bonds. The third-order valence-electron chi connectivity index (χ3n) is 4.93. The van der Waals surface area contributed by atoms with Crippen LogP contribution in [0.25, 0.3) is 0 Å². The number of nitrogens with zero attached hydrogens (tertiary/aromatic N) is 1. The van der Waals surface area contributed by atoms with Gasteiger partial charge in [0.2, 0.25) is 0 Å². The molecule has 1 fully saturated rings. The average Bonchev–Trinajstić information content (AvgIpc) is 2.38. The Morgan fingerprint density at radius 1 is 1.11 bits per heavy atom. The van der Waals surface area contributed by atoms with Crippen LogP contribution in [0.4, 0.5) is 0 Å². The predicted molar refractivity (Wildman–Crippen MR) is 77.7 cm³/mol.